The molecule has 0 unspecified atom stereocenters. The molecule has 2 aromatic carbocycles. The van der Waals surface area contributed by atoms with Crippen molar-refractivity contribution in [1.82, 2.24) is 0 Å². The normalized spacial score (nSPS) is 10.6. The molecule has 0 aromatic heterocycles. The van der Waals surface area contributed by atoms with Gasteiger partial charge in [0.25, 0.3) is 5.69 Å². The van der Waals surface area contributed by atoms with Gasteiger partial charge in [0, 0.05) is 12.1 Å². The summed E-state index contributed by atoms with van der Waals surface area (Å²) in [6, 6.07) is 14.1. The van der Waals surface area contributed by atoms with E-state index in [2.05, 4.69) is 10.5 Å². The number of aryl methyl sites for hydroxylation is 1. The van der Waals surface area contributed by atoms with E-state index in [1.165, 1.54) is 17.7 Å². The maximum absolute atomic E-state index is 10.5. The average Bonchev–Trinajstić information content (AvgIpc) is 2.41. The van der Waals surface area contributed by atoms with E-state index < -0.39 is 4.92 Å². The van der Waals surface area contributed by atoms with Gasteiger partial charge < -0.3 is 0 Å². The molecule has 5 heteroatoms. The minimum Gasteiger partial charge on any atom is -0.279 e. The molecule has 0 bridgehead atoms. The predicted octanol–water partition coefficient (Wildman–Crippen LogP) is 3.35. The first kappa shape index (κ1) is 12.8. The van der Waals surface area contributed by atoms with E-state index in [0.29, 0.717) is 0 Å². The van der Waals surface area contributed by atoms with Crippen molar-refractivity contribution in [2.75, 3.05) is 5.43 Å². The molecule has 5 nitrogen and oxygen atoms in total. The molecule has 0 aliphatic carbocycles. The first-order valence-electron chi connectivity index (χ1n) is 5.75. The summed E-state index contributed by atoms with van der Waals surface area (Å²) in [6.45, 7) is 2.02. The zero-order chi connectivity index (χ0) is 13.7. The molecule has 96 valence electrons. The first-order chi connectivity index (χ1) is 9.15. The number of hydrazone groups is 1. The third-order valence-corrected chi connectivity index (χ3v) is 2.56. The van der Waals surface area contributed by atoms with Crippen LogP contribution in [0, 0.1) is 17.0 Å². The molecule has 1 N–H and O–H groups in total. The van der Waals surface area contributed by atoms with Gasteiger partial charge in [0.2, 0.25) is 0 Å². The second-order valence-electron chi connectivity index (χ2n) is 4.08. The van der Waals surface area contributed by atoms with Crippen molar-refractivity contribution in [2.24, 2.45) is 5.10 Å². The maximum Gasteiger partial charge on any atom is 0.269 e. The van der Waals surface area contributed by atoms with E-state index in [4.69, 9.17) is 0 Å². The lowest BCUT2D eigenvalue weighted by Gasteiger charge is -2.00. The van der Waals surface area contributed by atoms with E-state index in [1.54, 1.807) is 18.3 Å². The number of nitrogens with zero attached hydrogens (tertiary/aromatic N) is 2. The second kappa shape index (κ2) is 5.77. The van der Waals surface area contributed by atoms with Gasteiger partial charge in [0.15, 0.2) is 0 Å². The Morgan fingerprint density at radius 3 is 2.32 bits per heavy atom. The third-order valence-electron chi connectivity index (χ3n) is 2.56. The van der Waals surface area contributed by atoms with Crippen molar-refractivity contribution in [3.05, 3.63) is 69.8 Å². The molecule has 0 atom stereocenters. The number of hydrogen-bond donors (Lipinski definition) is 1. The molecule has 0 spiro atoms. The monoisotopic (exact) mass is 255 g/mol. The lowest BCUT2D eigenvalue weighted by atomic mass is 10.2. The quantitative estimate of drug-likeness (QED) is 0.517. The summed E-state index contributed by atoms with van der Waals surface area (Å²) in [6.07, 6.45) is 1.61. The third kappa shape index (κ3) is 3.64. The van der Waals surface area contributed by atoms with Crippen LogP contribution in [0.25, 0.3) is 0 Å². The van der Waals surface area contributed by atoms with Crippen LogP contribution in [0.1, 0.15) is 11.1 Å². The van der Waals surface area contributed by atoms with Gasteiger partial charge in [0.1, 0.15) is 0 Å². The summed E-state index contributed by atoms with van der Waals surface area (Å²) >= 11 is 0. The van der Waals surface area contributed by atoms with E-state index in [9.17, 15) is 10.1 Å². The Morgan fingerprint density at radius 1 is 1.11 bits per heavy atom. The fourth-order valence-electron chi connectivity index (χ4n) is 1.49. The molecule has 0 fully saturated rings. The second-order valence-corrected chi connectivity index (χ2v) is 4.08. The summed E-state index contributed by atoms with van der Waals surface area (Å²) < 4.78 is 0. The zero-order valence-electron chi connectivity index (χ0n) is 10.4. The number of non-ortho nitro benzene ring substituents is 1. The van der Waals surface area contributed by atoms with Gasteiger partial charge in [-0.25, -0.2) is 0 Å². The highest BCUT2D eigenvalue weighted by Gasteiger charge is 2.02. The predicted molar refractivity (Wildman–Crippen MR) is 75.5 cm³/mol. The number of nitro benzene ring substituents is 1. The van der Waals surface area contributed by atoms with Crippen LogP contribution in [0.5, 0.6) is 0 Å². The number of rotatable bonds is 4. The fraction of sp³-hybridized carbons (Fsp3) is 0.0714. The van der Waals surface area contributed by atoms with E-state index in [0.717, 1.165) is 11.3 Å². The maximum atomic E-state index is 10.5. The van der Waals surface area contributed by atoms with E-state index in [1.807, 2.05) is 31.2 Å². The standard InChI is InChI=1S/C14H13N3O2/c1-11-2-6-13(7-3-11)16-15-10-12-4-8-14(9-5-12)17(18)19/h2-10,16H,1H3. The molecule has 0 saturated heterocycles. The van der Waals surface area contributed by atoms with Crippen molar-refractivity contribution in [3.8, 4) is 0 Å². The first-order valence-corrected chi connectivity index (χ1v) is 5.75. The number of benzene rings is 2. The molecular weight excluding hydrogens is 242 g/mol. The zero-order valence-corrected chi connectivity index (χ0v) is 10.4. The van der Waals surface area contributed by atoms with Crippen LogP contribution in [0.15, 0.2) is 53.6 Å². The molecule has 2 rings (SSSR count). The Morgan fingerprint density at radius 2 is 1.74 bits per heavy atom. The molecular formula is C14H13N3O2. The molecule has 19 heavy (non-hydrogen) atoms. The number of nitro groups is 1. The molecule has 0 heterocycles. The Kier molecular flexibility index (Phi) is 3.87. The van der Waals surface area contributed by atoms with Crippen LogP contribution in [-0.4, -0.2) is 11.1 Å². The van der Waals surface area contributed by atoms with Gasteiger partial charge in [-0.15, -0.1) is 0 Å². The summed E-state index contributed by atoms with van der Waals surface area (Å²) in [7, 11) is 0. The molecule has 2 aromatic rings. The highest BCUT2D eigenvalue weighted by molar-refractivity contribution is 5.80. The molecule has 0 amide bonds. The van der Waals surface area contributed by atoms with Crippen molar-refractivity contribution >= 4 is 17.6 Å². The lowest BCUT2D eigenvalue weighted by Crippen LogP contribution is -1.91. The van der Waals surface area contributed by atoms with Crippen LogP contribution in [0.3, 0.4) is 0 Å². The van der Waals surface area contributed by atoms with Crippen LogP contribution in [-0.2, 0) is 0 Å². The SMILES string of the molecule is Cc1ccc(NN=Cc2ccc([N+](=O)[O-])cc2)cc1. The van der Waals surface area contributed by atoms with Gasteiger partial charge in [-0.2, -0.15) is 5.10 Å². The Hall–Kier alpha value is -2.69. The van der Waals surface area contributed by atoms with E-state index in [-0.39, 0.29) is 5.69 Å². The fourth-order valence-corrected chi connectivity index (χ4v) is 1.49. The topological polar surface area (TPSA) is 67.5 Å². The van der Waals surface area contributed by atoms with Crippen LogP contribution >= 0.6 is 0 Å². The van der Waals surface area contributed by atoms with Crippen LogP contribution in [0.4, 0.5) is 11.4 Å². The summed E-state index contributed by atoms with van der Waals surface area (Å²) in [5.41, 5.74) is 5.84. The molecule has 0 aliphatic heterocycles. The Labute approximate surface area is 110 Å². The lowest BCUT2D eigenvalue weighted by molar-refractivity contribution is -0.384. The molecule has 0 aliphatic rings. The van der Waals surface area contributed by atoms with Gasteiger partial charge in [-0.3, -0.25) is 15.5 Å². The molecule has 0 saturated carbocycles. The molecule has 0 radical (unpaired) electrons. The van der Waals surface area contributed by atoms with Crippen molar-refractivity contribution in [2.45, 2.75) is 6.92 Å². The van der Waals surface area contributed by atoms with Crippen molar-refractivity contribution in [3.63, 3.8) is 0 Å². The van der Waals surface area contributed by atoms with Gasteiger partial charge >= 0.3 is 0 Å². The summed E-state index contributed by atoms with van der Waals surface area (Å²) in [5, 5.41) is 14.6. The largest absolute Gasteiger partial charge is 0.279 e. The van der Waals surface area contributed by atoms with Crippen molar-refractivity contribution in [1.29, 1.82) is 0 Å². The van der Waals surface area contributed by atoms with Gasteiger partial charge in [-0.05, 0) is 36.8 Å². The average molecular weight is 255 g/mol. The smallest absolute Gasteiger partial charge is 0.269 e. The van der Waals surface area contributed by atoms with Gasteiger partial charge in [0.05, 0.1) is 16.8 Å². The summed E-state index contributed by atoms with van der Waals surface area (Å²) in [4.78, 5) is 10.1. The van der Waals surface area contributed by atoms with E-state index >= 15 is 0 Å². The minimum absolute atomic E-state index is 0.0728. The minimum atomic E-state index is -0.425. The Bertz CT molecular complexity index is 589. The highest BCUT2D eigenvalue weighted by atomic mass is 16.6. The van der Waals surface area contributed by atoms with Crippen molar-refractivity contribution < 1.29 is 4.92 Å². The van der Waals surface area contributed by atoms with Gasteiger partial charge in [-0.1, -0.05) is 17.7 Å². The Balaban J connectivity index is 1.98. The summed E-state index contributed by atoms with van der Waals surface area (Å²) in [5.74, 6) is 0. The number of hydrogen-bond acceptors (Lipinski definition) is 4. The number of nitrogens with one attached hydrogen (secondary N) is 1. The highest BCUT2D eigenvalue weighted by Crippen LogP contribution is 2.11. The van der Waals surface area contributed by atoms with Crippen LogP contribution in [0.2, 0.25) is 0 Å². The van der Waals surface area contributed by atoms with Crippen LogP contribution < -0.4 is 5.43 Å². The number of anilines is 1.